The Morgan fingerprint density at radius 3 is 2.55 bits per heavy atom. The topological polar surface area (TPSA) is 142 Å². The molecule has 1 aliphatic heterocycles. The number of fused-ring (bicyclic) bond motifs is 2. The molecule has 2 saturated carbocycles. The second kappa shape index (κ2) is 10.8. The number of primary amides is 1. The van der Waals surface area contributed by atoms with Crippen LogP contribution in [0.25, 0.3) is 22.2 Å². The summed E-state index contributed by atoms with van der Waals surface area (Å²) in [5.41, 5.74) is 2.84. The van der Waals surface area contributed by atoms with Gasteiger partial charge in [0, 0.05) is 33.3 Å². The first kappa shape index (κ1) is 31.3. The molecule has 2 fully saturated rings. The van der Waals surface area contributed by atoms with E-state index in [0.717, 1.165) is 30.4 Å². The molecule has 2 atom stereocenters. The summed E-state index contributed by atoms with van der Waals surface area (Å²) in [5, 5.41) is 20.2. The highest BCUT2D eigenvalue weighted by Gasteiger charge is 2.50. The average molecular weight is 670 g/mol. The summed E-state index contributed by atoms with van der Waals surface area (Å²) < 4.78 is 54.6. The molecule has 2 aromatic carbocycles. The Bertz CT molecular complexity index is 1960. The number of alkyl halides is 3. The minimum atomic E-state index is -4.70. The molecule has 47 heavy (non-hydrogen) atoms. The van der Waals surface area contributed by atoms with E-state index in [1.165, 1.54) is 19.2 Å². The van der Waals surface area contributed by atoms with Crippen molar-refractivity contribution < 1.29 is 37.3 Å². The van der Waals surface area contributed by atoms with Gasteiger partial charge in [-0.05, 0) is 74.9 Å². The number of carbonyl (C=O) groups is 2. The second-order valence-electron chi connectivity index (χ2n) is 12.8. The highest BCUT2D eigenvalue weighted by molar-refractivity contribution is 6.31. The number of ether oxygens (including phenoxy) is 2. The zero-order valence-electron chi connectivity index (χ0n) is 25.4. The number of hydrogen-bond acceptors (Lipinski definition) is 7. The predicted octanol–water partition coefficient (Wildman–Crippen LogP) is 5.28. The molecule has 0 saturated heterocycles. The number of amides is 2. The van der Waals surface area contributed by atoms with Crippen LogP contribution >= 0.6 is 11.6 Å². The molecule has 10 nitrogen and oxygen atoms in total. The number of nitrogens with one attached hydrogen (secondary N) is 1. The SMILES string of the molecule is COc1cc(C(=O)NCC(O)(c2cc3c(c(-c4cc(Cl)cc(C(F)(F)F)c4)n2)OC[C@]3(C)C(N)=O)C2CC2)cc2cn(C3CC3)nc12. The largest absolute Gasteiger partial charge is 0.494 e. The van der Waals surface area contributed by atoms with Crippen LogP contribution in [0.1, 0.15) is 65.8 Å². The number of aliphatic hydroxyl groups is 1. The lowest BCUT2D eigenvalue weighted by molar-refractivity contribution is -0.137. The molecule has 14 heteroatoms. The first-order chi connectivity index (χ1) is 22.2. The van der Waals surface area contributed by atoms with Crippen molar-refractivity contribution in [2.45, 2.75) is 55.8 Å². The maximum absolute atomic E-state index is 13.8. The number of rotatable bonds is 9. The highest BCUT2D eigenvalue weighted by Crippen LogP contribution is 2.50. The van der Waals surface area contributed by atoms with Crippen LogP contribution in [-0.2, 0) is 22.0 Å². The van der Waals surface area contributed by atoms with Crippen LogP contribution in [0.2, 0.25) is 5.02 Å². The van der Waals surface area contributed by atoms with Gasteiger partial charge in [0.1, 0.15) is 40.3 Å². The van der Waals surface area contributed by atoms with Gasteiger partial charge in [-0.2, -0.15) is 18.3 Å². The van der Waals surface area contributed by atoms with Crippen molar-refractivity contribution in [3.05, 3.63) is 70.0 Å². The average Bonchev–Trinajstić information content (AvgIpc) is 3.97. The molecule has 246 valence electrons. The molecule has 2 aromatic heterocycles. The number of nitrogens with two attached hydrogens (primary N) is 1. The lowest BCUT2D eigenvalue weighted by atomic mass is 9.81. The van der Waals surface area contributed by atoms with Crippen LogP contribution in [0.3, 0.4) is 0 Å². The summed E-state index contributed by atoms with van der Waals surface area (Å²) in [5.74, 6) is -1.04. The second-order valence-corrected chi connectivity index (χ2v) is 13.2. The van der Waals surface area contributed by atoms with Crippen molar-refractivity contribution in [3.8, 4) is 22.8 Å². The van der Waals surface area contributed by atoms with E-state index < -0.39 is 34.6 Å². The van der Waals surface area contributed by atoms with Crippen LogP contribution in [0.4, 0.5) is 13.2 Å². The molecule has 2 amide bonds. The van der Waals surface area contributed by atoms with Crippen molar-refractivity contribution in [1.82, 2.24) is 20.1 Å². The van der Waals surface area contributed by atoms with Gasteiger partial charge in [-0.3, -0.25) is 14.3 Å². The molecular formula is C33H31ClF3N5O5. The van der Waals surface area contributed by atoms with E-state index >= 15 is 0 Å². The van der Waals surface area contributed by atoms with Gasteiger partial charge in [0.05, 0.1) is 31.0 Å². The van der Waals surface area contributed by atoms with E-state index in [0.29, 0.717) is 35.7 Å². The van der Waals surface area contributed by atoms with Gasteiger partial charge in [-0.1, -0.05) is 11.6 Å². The zero-order chi connectivity index (χ0) is 33.5. The van der Waals surface area contributed by atoms with E-state index in [4.69, 9.17) is 26.8 Å². The van der Waals surface area contributed by atoms with Gasteiger partial charge in [0.2, 0.25) is 5.91 Å². The van der Waals surface area contributed by atoms with Crippen molar-refractivity contribution in [2.75, 3.05) is 20.3 Å². The van der Waals surface area contributed by atoms with Crippen LogP contribution in [-0.4, -0.2) is 51.9 Å². The third-order valence-corrected chi connectivity index (χ3v) is 9.54. The summed E-state index contributed by atoms with van der Waals surface area (Å²) in [6.07, 6.45) is 0.463. The number of hydrogen-bond donors (Lipinski definition) is 3. The fraction of sp³-hybridized carbons (Fsp3) is 0.394. The van der Waals surface area contributed by atoms with Crippen LogP contribution in [0.5, 0.6) is 11.5 Å². The van der Waals surface area contributed by atoms with Crippen molar-refractivity contribution in [2.24, 2.45) is 11.7 Å². The fourth-order valence-corrected chi connectivity index (χ4v) is 6.39. The molecule has 4 aromatic rings. The fourth-order valence-electron chi connectivity index (χ4n) is 6.15. The minimum Gasteiger partial charge on any atom is -0.494 e. The normalized spacial score (nSPS) is 20.4. The Morgan fingerprint density at radius 1 is 1.17 bits per heavy atom. The van der Waals surface area contributed by atoms with Gasteiger partial charge in [-0.15, -0.1) is 0 Å². The highest BCUT2D eigenvalue weighted by atomic mass is 35.5. The van der Waals surface area contributed by atoms with Crippen LogP contribution in [0.15, 0.2) is 42.6 Å². The molecular weight excluding hydrogens is 639 g/mol. The molecule has 0 radical (unpaired) electrons. The van der Waals surface area contributed by atoms with E-state index in [2.05, 4.69) is 15.4 Å². The van der Waals surface area contributed by atoms with Crippen molar-refractivity contribution in [3.63, 3.8) is 0 Å². The number of nitrogens with zero attached hydrogens (tertiary/aromatic N) is 3. The standard InChI is InChI=1S/C33H31ClF3N5O5/c1-31(30(38)44)15-47-28-23(31)12-25(40-27(28)16-8-20(33(35,36)37)11-21(34)9-16)32(45,19-3-4-19)14-39-29(43)17-7-18-13-42(22-5-6-22)41-26(18)24(10-17)46-2/h7-13,19,22,45H,3-6,14-15H2,1-2H3,(H2,38,44)(H,39,43)/t31-,32?/m0/s1. The lowest BCUT2D eigenvalue weighted by Crippen LogP contribution is -2.44. The summed E-state index contributed by atoms with van der Waals surface area (Å²) in [7, 11) is 1.50. The van der Waals surface area contributed by atoms with Gasteiger partial charge in [-0.25, -0.2) is 4.98 Å². The number of carbonyl (C=O) groups excluding carboxylic acids is 2. The lowest BCUT2D eigenvalue weighted by Gasteiger charge is -2.30. The van der Waals surface area contributed by atoms with Crippen LogP contribution < -0.4 is 20.5 Å². The number of pyridine rings is 1. The number of halogens is 4. The molecule has 7 rings (SSSR count). The Morgan fingerprint density at radius 2 is 1.91 bits per heavy atom. The summed E-state index contributed by atoms with van der Waals surface area (Å²) in [6.45, 7) is 1.10. The van der Waals surface area contributed by atoms with E-state index in [9.17, 15) is 27.9 Å². The molecule has 1 unspecified atom stereocenters. The summed E-state index contributed by atoms with van der Waals surface area (Å²) in [6, 6.07) is 8.09. The van der Waals surface area contributed by atoms with Gasteiger partial charge in [0.25, 0.3) is 5.91 Å². The van der Waals surface area contributed by atoms with Crippen molar-refractivity contribution in [1.29, 1.82) is 0 Å². The Kier molecular flexibility index (Phi) is 7.21. The molecule has 3 aliphatic rings. The third-order valence-electron chi connectivity index (χ3n) is 9.32. The third kappa shape index (κ3) is 5.44. The van der Waals surface area contributed by atoms with Gasteiger partial charge >= 0.3 is 6.18 Å². The molecule has 0 bridgehead atoms. The minimum absolute atomic E-state index is 0.0223. The first-order valence-corrected chi connectivity index (χ1v) is 15.5. The zero-order valence-corrected chi connectivity index (χ0v) is 26.2. The molecule has 4 N–H and O–H groups in total. The van der Waals surface area contributed by atoms with Gasteiger partial charge < -0.3 is 25.6 Å². The first-order valence-electron chi connectivity index (χ1n) is 15.2. The van der Waals surface area contributed by atoms with E-state index in [1.54, 1.807) is 19.1 Å². The Labute approximate surface area is 272 Å². The number of aromatic nitrogens is 3. The smallest absolute Gasteiger partial charge is 0.416 e. The summed E-state index contributed by atoms with van der Waals surface area (Å²) >= 11 is 6.12. The van der Waals surface area contributed by atoms with Gasteiger partial charge in [0.15, 0.2) is 0 Å². The maximum Gasteiger partial charge on any atom is 0.416 e. The monoisotopic (exact) mass is 669 g/mol. The Balaban J connectivity index is 1.28. The number of methoxy groups -OCH3 is 1. The quantitative estimate of drug-likeness (QED) is 0.220. The van der Waals surface area contributed by atoms with Crippen molar-refractivity contribution >= 4 is 34.3 Å². The maximum atomic E-state index is 13.8. The van der Waals surface area contributed by atoms with E-state index in [1.807, 2.05) is 10.9 Å². The molecule has 3 heterocycles. The van der Waals surface area contributed by atoms with E-state index in [-0.39, 0.29) is 52.4 Å². The summed E-state index contributed by atoms with van der Waals surface area (Å²) in [4.78, 5) is 30.8. The van der Waals surface area contributed by atoms with Crippen LogP contribution in [0, 0.1) is 5.92 Å². The number of benzene rings is 2. The molecule has 0 spiro atoms. The predicted molar refractivity (Wildman–Crippen MR) is 165 cm³/mol. The Hall–Kier alpha value is -4.36. The molecule has 2 aliphatic carbocycles.